The van der Waals surface area contributed by atoms with Crippen LogP contribution in [0.5, 0.6) is 0 Å². The molecule has 0 amide bonds. The number of esters is 1. The molecule has 0 atom stereocenters. The molecule has 1 N–H and O–H groups in total. The lowest BCUT2D eigenvalue weighted by molar-refractivity contribution is -0.140. The number of carbonyl (C=O) groups is 1. The minimum atomic E-state index is -0.0763. The Bertz CT molecular complexity index is 249. The van der Waals surface area contributed by atoms with Gasteiger partial charge in [0.2, 0.25) is 0 Å². The highest BCUT2D eigenvalue weighted by molar-refractivity contribution is 5.68. The van der Waals surface area contributed by atoms with E-state index < -0.39 is 0 Å². The van der Waals surface area contributed by atoms with Crippen LogP contribution in [0.3, 0.4) is 0 Å². The smallest absolute Gasteiger partial charge is 0.305 e. The maximum Gasteiger partial charge on any atom is 0.305 e. The number of rotatable bonds is 15. The first-order valence-electron chi connectivity index (χ1n) is 9.47. The quantitative estimate of drug-likeness (QED) is 0.234. The highest BCUT2D eigenvalue weighted by Crippen LogP contribution is 2.10. The lowest BCUT2D eigenvalue weighted by atomic mass is 10.1. The van der Waals surface area contributed by atoms with E-state index in [4.69, 9.17) is 5.11 Å². The van der Waals surface area contributed by atoms with E-state index in [9.17, 15) is 4.79 Å². The molecule has 0 saturated heterocycles. The fourth-order valence-electron chi connectivity index (χ4n) is 2.44. The Balaban J connectivity index is 0. The standard InChI is InChI=1S/C19H36O2.CH4O/c1-3-4-5-6-7-8-9-10-11-12-13-14-15-16-17-18-19(20)21-2;1-2/h10-11H,3-9,12-18H2,1-2H3;2H,1H3/b11-10-;. The fourth-order valence-corrected chi connectivity index (χ4v) is 2.44. The molecule has 3 nitrogen and oxygen atoms in total. The summed E-state index contributed by atoms with van der Waals surface area (Å²) in [5.41, 5.74) is 0. The van der Waals surface area contributed by atoms with Crippen LogP contribution in [-0.2, 0) is 9.53 Å². The van der Waals surface area contributed by atoms with Crippen LogP contribution in [-0.4, -0.2) is 25.3 Å². The zero-order chi connectivity index (χ0) is 17.6. The van der Waals surface area contributed by atoms with Crippen LogP contribution >= 0.6 is 0 Å². The average molecular weight is 329 g/mol. The number of unbranched alkanes of at least 4 members (excludes halogenated alkanes) is 11. The molecule has 0 aliphatic heterocycles. The van der Waals surface area contributed by atoms with E-state index in [0.717, 1.165) is 20.0 Å². The summed E-state index contributed by atoms with van der Waals surface area (Å²) in [5, 5.41) is 7.00. The van der Waals surface area contributed by atoms with E-state index >= 15 is 0 Å². The van der Waals surface area contributed by atoms with Crippen molar-refractivity contribution in [1.29, 1.82) is 0 Å². The van der Waals surface area contributed by atoms with Crippen LogP contribution in [0.25, 0.3) is 0 Å². The Morgan fingerprint density at radius 3 is 1.70 bits per heavy atom. The lowest BCUT2D eigenvalue weighted by Crippen LogP contribution is -1.98. The second-order valence-corrected chi connectivity index (χ2v) is 5.91. The summed E-state index contributed by atoms with van der Waals surface area (Å²) in [6.45, 7) is 2.27. The summed E-state index contributed by atoms with van der Waals surface area (Å²) in [7, 11) is 2.46. The van der Waals surface area contributed by atoms with Crippen molar-refractivity contribution < 1.29 is 14.6 Å². The second-order valence-electron chi connectivity index (χ2n) is 5.91. The first-order chi connectivity index (χ1) is 11.3. The van der Waals surface area contributed by atoms with E-state index in [-0.39, 0.29) is 5.97 Å². The van der Waals surface area contributed by atoms with Crippen LogP contribution in [0.1, 0.15) is 96.8 Å². The molecule has 0 aliphatic carbocycles. The Morgan fingerprint density at radius 2 is 1.22 bits per heavy atom. The molecule has 138 valence electrons. The van der Waals surface area contributed by atoms with Crippen LogP contribution in [0.15, 0.2) is 12.2 Å². The highest BCUT2D eigenvalue weighted by Gasteiger charge is 1.98. The van der Waals surface area contributed by atoms with Crippen molar-refractivity contribution in [2.45, 2.75) is 96.8 Å². The van der Waals surface area contributed by atoms with Gasteiger partial charge in [0.25, 0.3) is 0 Å². The van der Waals surface area contributed by atoms with Crippen molar-refractivity contribution in [3.05, 3.63) is 12.2 Å². The van der Waals surface area contributed by atoms with Gasteiger partial charge in [-0.2, -0.15) is 0 Å². The van der Waals surface area contributed by atoms with Gasteiger partial charge < -0.3 is 9.84 Å². The van der Waals surface area contributed by atoms with E-state index in [1.807, 2.05) is 0 Å². The maximum atomic E-state index is 10.9. The highest BCUT2D eigenvalue weighted by atomic mass is 16.5. The van der Waals surface area contributed by atoms with Gasteiger partial charge >= 0.3 is 5.97 Å². The average Bonchev–Trinajstić information content (AvgIpc) is 2.59. The van der Waals surface area contributed by atoms with Gasteiger partial charge in [0.1, 0.15) is 0 Å². The predicted molar refractivity (Wildman–Crippen MR) is 99.6 cm³/mol. The largest absolute Gasteiger partial charge is 0.469 e. The monoisotopic (exact) mass is 328 g/mol. The van der Waals surface area contributed by atoms with Gasteiger partial charge in [-0.3, -0.25) is 4.79 Å². The van der Waals surface area contributed by atoms with E-state index in [2.05, 4.69) is 23.8 Å². The molecule has 0 radical (unpaired) electrons. The molecule has 0 rings (SSSR count). The van der Waals surface area contributed by atoms with Gasteiger partial charge in [-0.05, 0) is 32.1 Å². The number of methoxy groups -OCH3 is 1. The molecule has 0 heterocycles. The fraction of sp³-hybridized carbons (Fsp3) is 0.850. The molecular weight excluding hydrogens is 288 g/mol. The van der Waals surface area contributed by atoms with Crippen molar-refractivity contribution in [2.24, 2.45) is 0 Å². The van der Waals surface area contributed by atoms with Crippen molar-refractivity contribution in [1.82, 2.24) is 0 Å². The lowest BCUT2D eigenvalue weighted by Gasteiger charge is -2.00. The molecule has 23 heavy (non-hydrogen) atoms. The van der Waals surface area contributed by atoms with E-state index in [1.54, 1.807) is 0 Å². The molecule has 0 spiro atoms. The molecular formula is C20H40O3. The van der Waals surface area contributed by atoms with E-state index in [0.29, 0.717) is 6.42 Å². The first-order valence-corrected chi connectivity index (χ1v) is 9.47. The van der Waals surface area contributed by atoms with Crippen LogP contribution in [0.2, 0.25) is 0 Å². The van der Waals surface area contributed by atoms with E-state index in [1.165, 1.54) is 77.7 Å². The molecule has 0 unspecified atom stereocenters. The summed E-state index contributed by atoms with van der Waals surface area (Å²) >= 11 is 0. The van der Waals surface area contributed by atoms with Gasteiger partial charge in [-0.25, -0.2) is 0 Å². The molecule has 3 heteroatoms. The van der Waals surface area contributed by atoms with Crippen molar-refractivity contribution in [2.75, 3.05) is 14.2 Å². The summed E-state index contributed by atoms with van der Waals surface area (Å²) < 4.78 is 4.62. The first kappa shape index (κ1) is 24.4. The number of allylic oxidation sites excluding steroid dienone is 2. The van der Waals surface area contributed by atoms with Gasteiger partial charge in [-0.15, -0.1) is 0 Å². The zero-order valence-electron chi connectivity index (χ0n) is 15.8. The third kappa shape index (κ3) is 23.6. The summed E-state index contributed by atoms with van der Waals surface area (Å²) in [4.78, 5) is 10.9. The maximum absolute atomic E-state index is 10.9. The van der Waals surface area contributed by atoms with Gasteiger partial charge in [-0.1, -0.05) is 70.4 Å². The Labute approximate surface area is 144 Å². The molecule has 0 fully saturated rings. The number of aliphatic hydroxyl groups excluding tert-OH is 1. The second kappa shape index (κ2) is 23.4. The third-order valence-corrected chi connectivity index (χ3v) is 3.87. The number of hydrogen-bond acceptors (Lipinski definition) is 3. The predicted octanol–water partition coefficient (Wildman–Crippen LogP) is 5.81. The Kier molecular flexibility index (Phi) is 24.9. The Hall–Kier alpha value is -0.830. The summed E-state index contributed by atoms with van der Waals surface area (Å²) in [5.74, 6) is -0.0763. The zero-order valence-corrected chi connectivity index (χ0v) is 15.8. The van der Waals surface area contributed by atoms with Gasteiger partial charge in [0.15, 0.2) is 0 Å². The SMILES string of the molecule is CCCCCCCC/C=C\CCCCCCCC(=O)OC.CO. The molecule has 0 aromatic heterocycles. The van der Waals surface area contributed by atoms with Crippen molar-refractivity contribution >= 4 is 5.97 Å². The summed E-state index contributed by atoms with van der Waals surface area (Å²) in [6, 6.07) is 0. The summed E-state index contributed by atoms with van der Waals surface area (Å²) in [6.07, 6.45) is 22.0. The number of aliphatic hydroxyl groups is 1. The molecule has 0 saturated carbocycles. The molecule has 0 aliphatic rings. The third-order valence-electron chi connectivity index (χ3n) is 3.87. The van der Waals surface area contributed by atoms with Crippen LogP contribution < -0.4 is 0 Å². The minimum Gasteiger partial charge on any atom is -0.469 e. The van der Waals surface area contributed by atoms with Gasteiger partial charge in [0, 0.05) is 13.5 Å². The number of hydrogen-bond donors (Lipinski definition) is 1. The normalized spacial score (nSPS) is 10.4. The molecule has 0 aromatic rings. The topological polar surface area (TPSA) is 46.5 Å². The molecule has 0 aromatic carbocycles. The number of ether oxygens (including phenoxy) is 1. The minimum absolute atomic E-state index is 0.0763. The Morgan fingerprint density at radius 1 is 0.783 bits per heavy atom. The van der Waals surface area contributed by atoms with Crippen LogP contribution in [0, 0.1) is 0 Å². The van der Waals surface area contributed by atoms with Gasteiger partial charge in [0.05, 0.1) is 7.11 Å². The van der Waals surface area contributed by atoms with Crippen molar-refractivity contribution in [3.63, 3.8) is 0 Å². The molecule has 0 bridgehead atoms. The van der Waals surface area contributed by atoms with Crippen molar-refractivity contribution in [3.8, 4) is 0 Å². The number of carbonyl (C=O) groups excluding carboxylic acids is 1. The van der Waals surface area contributed by atoms with Crippen LogP contribution in [0.4, 0.5) is 0 Å².